The number of nitrogen functional groups attached to an aromatic ring is 1. The molecular weight excluding hydrogens is 254 g/mol. The van der Waals surface area contributed by atoms with Gasteiger partial charge in [0, 0.05) is 31.5 Å². The van der Waals surface area contributed by atoms with Gasteiger partial charge in [0.2, 0.25) is 5.95 Å². The smallest absolute Gasteiger partial charge is 0.256 e. The lowest BCUT2D eigenvalue weighted by Crippen LogP contribution is -2.44. The van der Waals surface area contributed by atoms with E-state index in [1.807, 2.05) is 18.7 Å². The van der Waals surface area contributed by atoms with Crippen molar-refractivity contribution in [1.82, 2.24) is 19.8 Å². The molecule has 1 aromatic rings. The van der Waals surface area contributed by atoms with Crippen LogP contribution in [0.4, 0.5) is 5.95 Å². The number of carbonyl (C=O) groups excluding carboxylic acids is 1. The minimum atomic E-state index is -0.00722. The number of hydrogen-bond acceptors (Lipinski definition) is 5. The van der Waals surface area contributed by atoms with Gasteiger partial charge in [0.15, 0.2) is 0 Å². The molecule has 0 aromatic carbocycles. The van der Waals surface area contributed by atoms with Crippen molar-refractivity contribution in [3.8, 4) is 0 Å². The highest BCUT2D eigenvalue weighted by molar-refractivity contribution is 5.93. The first kappa shape index (κ1) is 16.4. The summed E-state index contributed by atoms with van der Waals surface area (Å²) in [6.45, 7) is 5.57. The monoisotopic (exact) mass is 279 g/mol. The standard InChI is InChI=1S/C12H19N5O.C2H6/c1-16(2)10-3-5-17(6-4-10)11(18)9-7-14-12(13)15-8-9;1-2/h7-8,10H,3-6H2,1-2H3,(H2,13,14,15);1-2H3. The molecule has 1 aromatic heterocycles. The molecule has 0 radical (unpaired) electrons. The Morgan fingerprint density at radius 3 is 2.20 bits per heavy atom. The van der Waals surface area contributed by atoms with E-state index in [-0.39, 0.29) is 11.9 Å². The Hall–Kier alpha value is -1.69. The minimum absolute atomic E-state index is 0.00722. The zero-order chi connectivity index (χ0) is 15.1. The number of aromatic nitrogens is 2. The van der Waals surface area contributed by atoms with Crippen molar-refractivity contribution in [3.63, 3.8) is 0 Å². The van der Waals surface area contributed by atoms with Crippen LogP contribution in [0.15, 0.2) is 12.4 Å². The maximum atomic E-state index is 12.2. The Labute approximate surface area is 121 Å². The molecule has 0 aliphatic carbocycles. The van der Waals surface area contributed by atoms with Gasteiger partial charge in [-0.1, -0.05) is 13.8 Å². The molecule has 0 bridgehead atoms. The van der Waals surface area contributed by atoms with Gasteiger partial charge >= 0.3 is 0 Å². The molecule has 1 aliphatic heterocycles. The molecule has 0 atom stereocenters. The zero-order valence-corrected chi connectivity index (χ0v) is 12.8. The van der Waals surface area contributed by atoms with Crippen molar-refractivity contribution in [2.75, 3.05) is 32.9 Å². The second kappa shape index (κ2) is 7.79. The number of likely N-dealkylation sites (tertiary alicyclic amines) is 1. The molecule has 112 valence electrons. The van der Waals surface area contributed by atoms with Crippen LogP contribution in [0, 0.1) is 0 Å². The average molecular weight is 279 g/mol. The number of rotatable bonds is 2. The Bertz CT molecular complexity index is 410. The van der Waals surface area contributed by atoms with E-state index >= 15 is 0 Å². The highest BCUT2D eigenvalue weighted by atomic mass is 16.2. The summed E-state index contributed by atoms with van der Waals surface area (Å²) in [6.07, 6.45) is 4.99. The molecule has 1 aliphatic rings. The quantitative estimate of drug-likeness (QED) is 0.882. The van der Waals surface area contributed by atoms with Crippen molar-refractivity contribution in [2.45, 2.75) is 32.7 Å². The van der Waals surface area contributed by atoms with Gasteiger partial charge < -0.3 is 15.5 Å². The Balaban J connectivity index is 0.000000956. The number of piperidine rings is 1. The van der Waals surface area contributed by atoms with Crippen LogP contribution in [0.25, 0.3) is 0 Å². The first-order valence-corrected chi connectivity index (χ1v) is 7.11. The van der Waals surface area contributed by atoms with Gasteiger partial charge in [-0.15, -0.1) is 0 Å². The summed E-state index contributed by atoms with van der Waals surface area (Å²) < 4.78 is 0. The molecule has 6 nitrogen and oxygen atoms in total. The van der Waals surface area contributed by atoms with Crippen molar-refractivity contribution in [2.24, 2.45) is 0 Å². The molecule has 2 N–H and O–H groups in total. The topological polar surface area (TPSA) is 75.3 Å². The fraction of sp³-hybridized carbons (Fsp3) is 0.643. The Kier molecular flexibility index (Phi) is 6.38. The molecule has 20 heavy (non-hydrogen) atoms. The number of amides is 1. The van der Waals surface area contributed by atoms with Crippen LogP contribution < -0.4 is 5.73 Å². The van der Waals surface area contributed by atoms with E-state index < -0.39 is 0 Å². The van der Waals surface area contributed by atoms with Gasteiger partial charge in [-0.05, 0) is 26.9 Å². The second-order valence-corrected chi connectivity index (χ2v) is 4.82. The molecule has 0 spiro atoms. The van der Waals surface area contributed by atoms with Gasteiger partial charge in [-0.3, -0.25) is 4.79 Å². The maximum Gasteiger partial charge on any atom is 0.256 e. The van der Waals surface area contributed by atoms with Crippen LogP contribution >= 0.6 is 0 Å². The normalized spacial score (nSPS) is 15.8. The first-order chi connectivity index (χ1) is 9.58. The molecule has 1 amide bonds. The molecule has 6 heteroatoms. The predicted octanol–water partition coefficient (Wildman–Crippen LogP) is 1.25. The number of nitrogens with two attached hydrogens (primary N) is 1. The van der Waals surface area contributed by atoms with Crippen molar-refractivity contribution < 1.29 is 4.79 Å². The van der Waals surface area contributed by atoms with Crippen LogP contribution in [0.1, 0.15) is 37.0 Å². The molecule has 0 saturated carbocycles. The van der Waals surface area contributed by atoms with Crippen molar-refractivity contribution >= 4 is 11.9 Å². The first-order valence-electron chi connectivity index (χ1n) is 7.11. The van der Waals surface area contributed by atoms with Crippen LogP contribution in [0.3, 0.4) is 0 Å². The SMILES string of the molecule is CC.CN(C)C1CCN(C(=O)c2cnc(N)nc2)CC1. The molecule has 0 unspecified atom stereocenters. The van der Waals surface area contributed by atoms with Crippen molar-refractivity contribution in [3.05, 3.63) is 18.0 Å². The van der Waals surface area contributed by atoms with Gasteiger partial charge in [0.05, 0.1) is 5.56 Å². The third-order valence-electron chi connectivity index (χ3n) is 3.40. The van der Waals surface area contributed by atoms with E-state index in [2.05, 4.69) is 29.0 Å². The van der Waals surface area contributed by atoms with Crippen molar-refractivity contribution in [1.29, 1.82) is 0 Å². The van der Waals surface area contributed by atoms with Crippen LogP contribution in [-0.2, 0) is 0 Å². The van der Waals surface area contributed by atoms with Gasteiger partial charge in [0.25, 0.3) is 5.91 Å². The summed E-state index contributed by atoms with van der Waals surface area (Å²) in [5, 5.41) is 0. The van der Waals surface area contributed by atoms with Gasteiger partial charge in [-0.25, -0.2) is 9.97 Å². The molecular formula is C14H25N5O. The predicted molar refractivity (Wildman–Crippen MR) is 80.4 cm³/mol. The number of hydrogen-bond donors (Lipinski definition) is 1. The third-order valence-corrected chi connectivity index (χ3v) is 3.40. The largest absolute Gasteiger partial charge is 0.368 e. The highest BCUT2D eigenvalue weighted by Crippen LogP contribution is 2.16. The molecule has 1 saturated heterocycles. The second-order valence-electron chi connectivity index (χ2n) is 4.82. The summed E-state index contributed by atoms with van der Waals surface area (Å²) in [5.41, 5.74) is 5.91. The van der Waals surface area contributed by atoms with E-state index in [1.165, 1.54) is 12.4 Å². The minimum Gasteiger partial charge on any atom is -0.368 e. The Morgan fingerprint density at radius 2 is 1.75 bits per heavy atom. The Morgan fingerprint density at radius 1 is 1.25 bits per heavy atom. The van der Waals surface area contributed by atoms with Gasteiger partial charge in [0.1, 0.15) is 0 Å². The fourth-order valence-corrected chi connectivity index (χ4v) is 2.22. The number of carbonyl (C=O) groups is 1. The third kappa shape index (κ3) is 4.16. The van der Waals surface area contributed by atoms with Gasteiger partial charge in [-0.2, -0.15) is 0 Å². The number of nitrogens with zero attached hydrogens (tertiary/aromatic N) is 4. The molecule has 1 fully saturated rings. The van der Waals surface area contributed by atoms with Crippen LogP contribution in [0.5, 0.6) is 0 Å². The number of anilines is 1. The van der Waals surface area contributed by atoms with E-state index in [9.17, 15) is 4.79 Å². The van der Waals surface area contributed by atoms with Crippen LogP contribution in [0.2, 0.25) is 0 Å². The lowest BCUT2D eigenvalue weighted by molar-refractivity contribution is 0.0662. The highest BCUT2D eigenvalue weighted by Gasteiger charge is 2.24. The zero-order valence-electron chi connectivity index (χ0n) is 12.8. The maximum absolute atomic E-state index is 12.2. The van der Waals surface area contributed by atoms with E-state index in [0.717, 1.165) is 25.9 Å². The molecule has 2 rings (SSSR count). The molecule has 2 heterocycles. The summed E-state index contributed by atoms with van der Waals surface area (Å²) >= 11 is 0. The average Bonchev–Trinajstić information content (AvgIpc) is 2.49. The summed E-state index contributed by atoms with van der Waals surface area (Å²) in [7, 11) is 4.16. The van der Waals surface area contributed by atoms with Crippen LogP contribution in [-0.4, -0.2) is 58.9 Å². The summed E-state index contributed by atoms with van der Waals surface area (Å²) in [4.78, 5) is 23.9. The van der Waals surface area contributed by atoms with E-state index in [1.54, 1.807) is 0 Å². The lowest BCUT2D eigenvalue weighted by atomic mass is 10.0. The fourth-order valence-electron chi connectivity index (χ4n) is 2.22. The summed E-state index contributed by atoms with van der Waals surface area (Å²) in [5.74, 6) is 0.185. The van der Waals surface area contributed by atoms with E-state index in [0.29, 0.717) is 11.6 Å². The summed E-state index contributed by atoms with van der Waals surface area (Å²) in [6, 6.07) is 0.566. The lowest BCUT2D eigenvalue weighted by Gasteiger charge is -2.35. The van der Waals surface area contributed by atoms with E-state index in [4.69, 9.17) is 5.73 Å².